The summed E-state index contributed by atoms with van der Waals surface area (Å²) in [5.41, 5.74) is 3.26. The van der Waals surface area contributed by atoms with Gasteiger partial charge in [-0.2, -0.15) is 0 Å². The Hall–Kier alpha value is -4.66. The molecular formula is C45H44N3O3PS3. The van der Waals surface area contributed by atoms with Gasteiger partial charge in [-0.25, -0.2) is 4.79 Å². The fourth-order valence-electron chi connectivity index (χ4n) is 6.90. The van der Waals surface area contributed by atoms with E-state index in [2.05, 4.69) is 121 Å². The van der Waals surface area contributed by atoms with Crippen LogP contribution in [0.25, 0.3) is 31.6 Å². The molecule has 0 atom stereocenters. The van der Waals surface area contributed by atoms with E-state index in [-0.39, 0.29) is 12.0 Å². The SMILES string of the molecule is CCCSSCCOC(=O)N(C)c1ccc2cc(-c3nc4ccc(C(=O)NCC[PH](c5ccccc5)(c5ccccc5)c5ccccc5)cc4s3)ccc2c1. The molecular weight excluding hydrogens is 758 g/mol. The van der Waals surface area contributed by atoms with E-state index in [4.69, 9.17) is 9.72 Å². The summed E-state index contributed by atoms with van der Waals surface area (Å²) in [6.45, 7) is 3.09. The Morgan fingerprint density at radius 3 is 2.02 bits per heavy atom. The summed E-state index contributed by atoms with van der Waals surface area (Å²) in [5, 5.41) is 10.2. The van der Waals surface area contributed by atoms with Gasteiger partial charge in [-0.15, -0.1) is 0 Å². The van der Waals surface area contributed by atoms with Gasteiger partial charge in [0.25, 0.3) is 0 Å². The third-order valence-corrected chi connectivity index (χ3v) is 18.3. The van der Waals surface area contributed by atoms with Crippen molar-refractivity contribution in [3.63, 3.8) is 0 Å². The van der Waals surface area contributed by atoms with Gasteiger partial charge in [0.05, 0.1) is 0 Å². The number of hydrogen-bond acceptors (Lipinski definition) is 7. The van der Waals surface area contributed by atoms with Crippen LogP contribution in [0.15, 0.2) is 146 Å². The number of rotatable bonds is 15. The van der Waals surface area contributed by atoms with Crippen LogP contribution in [0.2, 0.25) is 0 Å². The molecule has 0 radical (unpaired) electrons. The predicted octanol–water partition coefficient (Wildman–Crippen LogP) is 9.94. The maximum atomic E-state index is 13.7. The normalized spacial score (nSPS) is 11.7. The van der Waals surface area contributed by atoms with Crippen LogP contribution in [0, 0.1) is 0 Å². The summed E-state index contributed by atoms with van der Waals surface area (Å²) in [4.78, 5) is 32.8. The van der Waals surface area contributed by atoms with Crippen molar-refractivity contribution >= 4 is 94.8 Å². The van der Waals surface area contributed by atoms with Crippen molar-refractivity contribution in [3.05, 3.63) is 151 Å². The fourth-order valence-corrected chi connectivity index (χ4v) is 14.5. The quantitative estimate of drug-likeness (QED) is 0.0633. The van der Waals surface area contributed by atoms with Crippen molar-refractivity contribution in [2.75, 3.05) is 42.8 Å². The minimum Gasteiger partial charge on any atom is -0.0303 e. The Kier molecular flexibility index (Phi) is 12.9. The van der Waals surface area contributed by atoms with Gasteiger partial charge < -0.3 is 4.74 Å². The first kappa shape index (κ1) is 38.6. The topological polar surface area (TPSA) is 71.5 Å². The summed E-state index contributed by atoms with van der Waals surface area (Å²) in [7, 11) is 2.82. The molecule has 1 heterocycles. The first-order chi connectivity index (χ1) is 27.0. The van der Waals surface area contributed by atoms with Crippen molar-refractivity contribution in [2.24, 2.45) is 0 Å². The van der Waals surface area contributed by atoms with Crippen LogP contribution in [0.5, 0.6) is 0 Å². The second-order valence-corrected chi connectivity index (χ2v) is 21.0. The van der Waals surface area contributed by atoms with E-state index in [1.807, 2.05) is 47.2 Å². The monoisotopic (exact) mass is 801 g/mol. The molecule has 1 aromatic heterocycles. The van der Waals surface area contributed by atoms with Crippen LogP contribution in [0.4, 0.5) is 10.5 Å². The molecule has 1 N–H and O–H groups in total. The third kappa shape index (κ3) is 8.92. The smallest absolute Gasteiger partial charge is 0.0303 e. The molecule has 2 amide bonds. The molecule has 0 spiro atoms. The Balaban J connectivity index is 1.04. The first-order valence-electron chi connectivity index (χ1n) is 18.5. The van der Waals surface area contributed by atoms with Gasteiger partial charge >= 0.3 is 233 Å². The number of carbonyl (C=O) groups excluding carboxylic acids is 2. The van der Waals surface area contributed by atoms with Gasteiger partial charge in [-0.05, 0) is 23.9 Å². The Labute approximate surface area is 335 Å². The van der Waals surface area contributed by atoms with Crippen LogP contribution >= 0.6 is 40.2 Å². The molecule has 280 valence electrons. The zero-order valence-corrected chi connectivity index (χ0v) is 34.4. The zero-order valence-electron chi connectivity index (χ0n) is 30.9. The van der Waals surface area contributed by atoms with Crippen molar-refractivity contribution in [1.29, 1.82) is 0 Å². The Bertz CT molecular complexity index is 2280. The second-order valence-electron chi connectivity index (χ2n) is 13.3. The van der Waals surface area contributed by atoms with Crippen molar-refractivity contribution in [1.82, 2.24) is 10.3 Å². The summed E-state index contributed by atoms with van der Waals surface area (Å²) in [6, 6.07) is 50.3. The Morgan fingerprint density at radius 2 is 1.36 bits per heavy atom. The van der Waals surface area contributed by atoms with E-state index < -0.39 is 7.26 Å². The summed E-state index contributed by atoms with van der Waals surface area (Å²) < 4.78 is 6.44. The fraction of sp³-hybridized carbons (Fsp3) is 0.178. The van der Waals surface area contributed by atoms with E-state index in [9.17, 15) is 9.59 Å². The molecule has 0 saturated heterocycles. The number of amides is 2. The number of ether oxygens (including phenoxy) is 1. The third-order valence-electron chi connectivity index (χ3n) is 9.73. The molecule has 6 nitrogen and oxygen atoms in total. The van der Waals surface area contributed by atoms with E-state index in [0.717, 1.165) is 61.3 Å². The van der Waals surface area contributed by atoms with Gasteiger partial charge in [-0.1, -0.05) is 34.6 Å². The molecule has 0 aliphatic heterocycles. The van der Waals surface area contributed by atoms with Crippen molar-refractivity contribution < 1.29 is 14.3 Å². The molecule has 0 bridgehead atoms. The molecule has 55 heavy (non-hydrogen) atoms. The van der Waals surface area contributed by atoms with E-state index in [1.54, 1.807) is 34.1 Å². The van der Waals surface area contributed by atoms with Crippen molar-refractivity contribution in [3.8, 4) is 10.6 Å². The average Bonchev–Trinajstić information content (AvgIpc) is 3.68. The summed E-state index contributed by atoms with van der Waals surface area (Å²) in [5.74, 6) is 1.78. The maximum absolute atomic E-state index is 13.7. The number of nitrogens with zero attached hydrogens (tertiary/aromatic N) is 2. The van der Waals surface area contributed by atoms with Gasteiger partial charge in [0, 0.05) is 24.2 Å². The first-order valence-corrected chi connectivity index (χ1v) is 24.0. The van der Waals surface area contributed by atoms with Crippen LogP contribution in [-0.4, -0.2) is 54.9 Å². The molecule has 7 aromatic rings. The molecule has 0 aliphatic rings. The predicted molar refractivity (Wildman–Crippen MR) is 241 cm³/mol. The minimum absolute atomic E-state index is 0.0887. The summed E-state index contributed by atoms with van der Waals surface area (Å²) in [6.07, 6.45) is 1.60. The summed E-state index contributed by atoms with van der Waals surface area (Å²) >= 11 is 1.58. The van der Waals surface area contributed by atoms with Gasteiger partial charge in [0.15, 0.2) is 0 Å². The number of nitrogens with one attached hydrogen (secondary N) is 1. The Morgan fingerprint density at radius 1 is 0.745 bits per heavy atom. The van der Waals surface area contributed by atoms with Crippen LogP contribution < -0.4 is 26.1 Å². The van der Waals surface area contributed by atoms with Gasteiger partial charge in [0.1, 0.15) is 6.61 Å². The second kappa shape index (κ2) is 18.3. The van der Waals surface area contributed by atoms with Crippen LogP contribution in [-0.2, 0) is 4.74 Å². The molecule has 6 aromatic carbocycles. The standard InChI is InChI=1S/C45H44N3O3PS3/c1-3-28-53-54-29-26-51-45(50)48(2)37-23-21-33-30-36(20-19-34(33)31-37)44-47-41-24-22-35(32-42(41)55-44)43(49)46-25-27-52(38-13-7-4-8-14-38,39-15-9-5-10-16-39)40-17-11-6-12-18-40/h4-24,30-32,52H,3,25-29H2,1-2H3,(H,46,49). The molecule has 0 saturated carbocycles. The van der Waals surface area contributed by atoms with Crippen LogP contribution in [0.1, 0.15) is 23.7 Å². The number of carbonyl (C=O) groups is 2. The van der Waals surface area contributed by atoms with Gasteiger partial charge in [-0.3, -0.25) is 4.90 Å². The average molecular weight is 802 g/mol. The molecule has 0 fully saturated rings. The molecule has 7 rings (SSSR count). The molecule has 10 heteroatoms. The van der Waals surface area contributed by atoms with E-state index >= 15 is 0 Å². The van der Waals surface area contributed by atoms with Crippen molar-refractivity contribution in [2.45, 2.75) is 13.3 Å². The van der Waals surface area contributed by atoms with Crippen LogP contribution in [0.3, 0.4) is 0 Å². The van der Waals surface area contributed by atoms with E-state index in [0.29, 0.717) is 18.7 Å². The number of aromatic nitrogens is 1. The number of thiazole rings is 1. The number of fused-ring (bicyclic) bond motifs is 2. The molecule has 0 aliphatic carbocycles. The minimum atomic E-state index is -2.46. The van der Waals surface area contributed by atoms with E-state index in [1.165, 1.54) is 15.9 Å². The van der Waals surface area contributed by atoms with Gasteiger partial charge in [0.2, 0.25) is 0 Å². The zero-order chi connectivity index (χ0) is 38.0. The number of anilines is 1. The molecule has 0 unspecified atom stereocenters. The number of hydrogen-bond donors (Lipinski definition) is 1. The number of benzene rings is 6.